The lowest BCUT2D eigenvalue weighted by Crippen LogP contribution is -2.39. The standard InChI is InChI=1S/C29H34N2O6S/c32-28(31-16-4-7-22-5-1-2-9-27(22)31)23-10-12-25(13-11-23)37-20-21-14-17-30(18-15-21)38(35,36)26-8-3-6-24(19-26)29(33)34/h3,6,8-13,19,21-22H,1-2,4-5,7,14-18,20H2,(H,33,34). The number of amides is 1. The maximum absolute atomic E-state index is 13.2. The molecule has 38 heavy (non-hydrogen) atoms. The summed E-state index contributed by atoms with van der Waals surface area (Å²) in [6, 6.07) is 12.8. The zero-order chi connectivity index (χ0) is 26.7. The maximum Gasteiger partial charge on any atom is 0.335 e. The number of carboxylic acids is 1. The van der Waals surface area contributed by atoms with E-state index >= 15 is 0 Å². The smallest absolute Gasteiger partial charge is 0.335 e. The molecular formula is C29H34N2O6S. The quantitative estimate of drug-likeness (QED) is 0.544. The highest BCUT2D eigenvalue weighted by molar-refractivity contribution is 7.89. The van der Waals surface area contributed by atoms with E-state index in [1.807, 2.05) is 29.2 Å². The van der Waals surface area contributed by atoms with Crippen LogP contribution >= 0.6 is 0 Å². The molecule has 1 N–H and O–H groups in total. The molecule has 3 aliphatic rings. The van der Waals surface area contributed by atoms with Crippen LogP contribution in [0.3, 0.4) is 0 Å². The molecule has 0 spiro atoms. The van der Waals surface area contributed by atoms with Gasteiger partial charge in [-0.25, -0.2) is 13.2 Å². The van der Waals surface area contributed by atoms with E-state index in [0.29, 0.717) is 49.8 Å². The van der Waals surface area contributed by atoms with Crippen LogP contribution in [0.25, 0.3) is 0 Å². The molecule has 2 heterocycles. The van der Waals surface area contributed by atoms with Crippen LogP contribution in [0, 0.1) is 11.8 Å². The van der Waals surface area contributed by atoms with Gasteiger partial charge in [0.2, 0.25) is 10.0 Å². The first-order chi connectivity index (χ1) is 18.3. The van der Waals surface area contributed by atoms with E-state index in [2.05, 4.69) is 6.08 Å². The molecule has 0 saturated carbocycles. The Balaban J connectivity index is 1.13. The van der Waals surface area contributed by atoms with Crippen LogP contribution in [0.4, 0.5) is 0 Å². The van der Waals surface area contributed by atoms with Gasteiger partial charge in [0, 0.05) is 30.9 Å². The summed E-state index contributed by atoms with van der Waals surface area (Å²) in [5.74, 6) is 0.307. The summed E-state index contributed by atoms with van der Waals surface area (Å²) in [4.78, 5) is 26.4. The number of ether oxygens (including phenoxy) is 1. The summed E-state index contributed by atoms with van der Waals surface area (Å²) in [6.07, 6.45) is 9.19. The number of aromatic carboxylic acids is 1. The van der Waals surface area contributed by atoms with Gasteiger partial charge < -0.3 is 14.7 Å². The molecule has 5 rings (SSSR count). The van der Waals surface area contributed by atoms with Crippen molar-refractivity contribution in [2.24, 2.45) is 11.8 Å². The minimum absolute atomic E-state index is 0.00147. The largest absolute Gasteiger partial charge is 0.493 e. The van der Waals surface area contributed by atoms with E-state index in [-0.39, 0.29) is 22.3 Å². The van der Waals surface area contributed by atoms with Crippen molar-refractivity contribution in [1.29, 1.82) is 0 Å². The van der Waals surface area contributed by atoms with Gasteiger partial charge in [-0.05, 0) is 99.2 Å². The highest BCUT2D eigenvalue weighted by Gasteiger charge is 2.32. The van der Waals surface area contributed by atoms with Gasteiger partial charge in [0.15, 0.2) is 0 Å². The second-order valence-corrected chi connectivity index (χ2v) is 12.3. The third-order valence-corrected chi connectivity index (χ3v) is 9.79. The monoisotopic (exact) mass is 538 g/mol. The van der Waals surface area contributed by atoms with Crippen molar-refractivity contribution in [3.63, 3.8) is 0 Å². The summed E-state index contributed by atoms with van der Waals surface area (Å²) in [7, 11) is -3.75. The zero-order valence-electron chi connectivity index (χ0n) is 21.4. The predicted molar refractivity (Wildman–Crippen MR) is 143 cm³/mol. The molecule has 2 aliphatic heterocycles. The lowest BCUT2D eigenvalue weighted by Gasteiger charge is -2.38. The number of sulfonamides is 1. The number of carboxylic acid groups (broad SMARTS) is 1. The number of carbonyl (C=O) groups excluding carboxylic acids is 1. The van der Waals surface area contributed by atoms with Crippen molar-refractivity contribution in [2.45, 2.75) is 49.8 Å². The number of rotatable bonds is 7. The number of fused-ring (bicyclic) bond motifs is 1. The summed E-state index contributed by atoms with van der Waals surface area (Å²) in [5.41, 5.74) is 1.82. The SMILES string of the molecule is O=C(O)c1cccc(S(=O)(=O)N2CCC(COc3ccc(C(=O)N4CCCC5CCCC=C54)cc3)CC2)c1. The Hall–Kier alpha value is -3.17. The summed E-state index contributed by atoms with van der Waals surface area (Å²) in [6.45, 7) is 1.96. The minimum Gasteiger partial charge on any atom is -0.493 e. The minimum atomic E-state index is -3.75. The van der Waals surface area contributed by atoms with Gasteiger partial charge in [-0.1, -0.05) is 12.1 Å². The first kappa shape index (κ1) is 26.4. The molecule has 1 atom stereocenters. The number of nitrogens with zero attached hydrogens (tertiary/aromatic N) is 2. The van der Waals surface area contributed by atoms with Crippen molar-refractivity contribution in [3.8, 4) is 5.75 Å². The van der Waals surface area contributed by atoms with Crippen LogP contribution in [0.1, 0.15) is 65.7 Å². The molecule has 2 fully saturated rings. The summed E-state index contributed by atoms with van der Waals surface area (Å²) >= 11 is 0. The van der Waals surface area contributed by atoms with E-state index in [1.165, 1.54) is 53.5 Å². The van der Waals surface area contributed by atoms with Gasteiger partial charge in [0.1, 0.15) is 5.75 Å². The molecule has 1 amide bonds. The van der Waals surface area contributed by atoms with Gasteiger partial charge in [-0.15, -0.1) is 0 Å². The Kier molecular flexibility index (Phi) is 7.85. The van der Waals surface area contributed by atoms with E-state index < -0.39 is 16.0 Å². The topological polar surface area (TPSA) is 104 Å². The zero-order valence-corrected chi connectivity index (χ0v) is 22.2. The maximum atomic E-state index is 13.2. The average molecular weight is 539 g/mol. The van der Waals surface area contributed by atoms with Crippen LogP contribution in [-0.4, -0.2) is 60.8 Å². The normalized spacial score (nSPS) is 20.9. The van der Waals surface area contributed by atoms with Crippen molar-refractivity contribution in [3.05, 3.63) is 71.4 Å². The van der Waals surface area contributed by atoms with Crippen LogP contribution in [0.2, 0.25) is 0 Å². The number of likely N-dealkylation sites (tertiary alicyclic amines) is 1. The number of carbonyl (C=O) groups is 2. The van der Waals surface area contributed by atoms with Crippen LogP contribution < -0.4 is 4.74 Å². The van der Waals surface area contributed by atoms with Gasteiger partial charge in [0.25, 0.3) is 5.91 Å². The molecule has 2 aromatic carbocycles. The third-order valence-electron chi connectivity index (χ3n) is 7.90. The number of allylic oxidation sites excluding steroid dienone is 2. The molecule has 1 aliphatic carbocycles. The molecule has 0 radical (unpaired) electrons. The fourth-order valence-corrected chi connectivity index (χ4v) is 7.23. The van der Waals surface area contributed by atoms with Crippen LogP contribution in [0.15, 0.2) is 65.2 Å². The highest BCUT2D eigenvalue weighted by atomic mass is 32.2. The lowest BCUT2D eigenvalue weighted by atomic mass is 9.84. The molecule has 0 aromatic heterocycles. The van der Waals surface area contributed by atoms with Crippen molar-refractivity contribution in [2.75, 3.05) is 26.2 Å². The fraction of sp³-hybridized carbons (Fsp3) is 0.448. The molecule has 2 aromatic rings. The Morgan fingerprint density at radius 2 is 1.66 bits per heavy atom. The Morgan fingerprint density at radius 1 is 0.921 bits per heavy atom. The first-order valence-electron chi connectivity index (χ1n) is 13.4. The average Bonchev–Trinajstić information content (AvgIpc) is 2.96. The Bertz CT molecular complexity index is 1310. The van der Waals surface area contributed by atoms with Crippen LogP contribution in [-0.2, 0) is 10.0 Å². The number of hydrogen-bond donors (Lipinski definition) is 1. The van der Waals surface area contributed by atoms with Gasteiger partial charge in [-0.2, -0.15) is 4.31 Å². The second kappa shape index (κ2) is 11.3. The van der Waals surface area contributed by atoms with Crippen molar-refractivity contribution in [1.82, 2.24) is 9.21 Å². The Morgan fingerprint density at radius 3 is 2.39 bits per heavy atom. The molecule has 1 unspecified atom stereocenters. The number of hydrogen-bond acceptors (Lipinski definition) is 5. The molecule has 0 bridgehead atoms. The van der Waals surface area contributed by atoms with Gasteiger partial charge in [-0.3, -0.25) is 4.79 Å². The summed E-state index contributed by atoms with van der Waals surface area (Å²) < 4.78 is 33.4. The van der Waals surface area contributed by atoms with E-state index in [1.54, 1.807) is 0 Å². The summed E-state index contributed by atoms with van der Waals surface area (Å²) in [5, 5.41) is 9.17. The number of piperidine rings is 2. The molecule has 9 heteroatoms. The molecule has 202 valence electrons. The van der Waals surface area contributed by atoms with Crippen LogP contribution in [0.5, 0.6) is 5.75 Å². The predicted octanol–water partition coefficient (Wildman–Crippen LogP) is 4.78. The highest BCUT2D eigenvalue weighted by Crippen LogP contribution is 2.36. The van der Waals surface area contributed by atoms with E-state index in [9.17, 15) is 23.1 Å². The van der Waals surface area contributed by atoms with E-state index in [4.69, 9.17) is 4.74 Å². The van der Waals surface area contributed by atoms with Gasteiger partial charge >= 0.3 is 5.97 Å². The Labute approximate surface area is 223 Å². The lowest BCUT2D eigenvalue weighted by molar-refractivity contribution is 0.0695. The first-order valence-corrected chi connectivity index (χ1v) is 14.9. The van der Waals surface area contributed by atoms with E-state index in [0.717, 1.165) is 19.4 Å². The third kappa shape index (κ3) is 5.63. The molecule has 2 saturated heterocycles. The van der Waals surface area contributed by atoms with Gasteiger partial charge in [0.05, 0.1) is 17.1 Å². The second-order valence-electron chi connectivity index (χ2n) is 10.4. The fourth-order valence-electron chi connectivity index (χ4n) is 5.71. The van der Waals surface area contributed by atoms with Crippen molar-refractivity contribution >= 4 is 21.9 Å². The molecule has 8 nitrogen and oxygen atoms in total. The molecular weight excluding hydrogens is 504 g/mol. The number of benzene rings is 2. The van der Waals surface area contributed by atoms with Crippen molar-refractivity contribution < 1.29 is 27.9 Å².